The summed E-state index contributed by atoms with van der Waals surface area (Å²) in [7, 11) is 0. The zero-order valence-corrected chi connectivity index (χ0v) is 14.7. The number of carbonyl (C=O) groups is 1. The van der Waals surface area contributed by atoms with Gasteiger partial charge in [-0.25, -0.2) is 4.99 Å². The first kappa shape index (κ1) is 15.7. The normalized spacial score (nSPS) is 18.2. The molecule has 0 bridgehead atoms. The summed E-state index contributed by atoms with van der Waals surface area (Å²) >= 11 is 16.4. The van der Waals surface area contributed by atoms with Crippen molar-refractivity contribution in [2.75, 3.05) is 0 Å². The third-order valence-corrected chi connectivity index (χ3v) is 4.82. The lowest BCUT2D eigenvalue weighted by Crippen LogP contribution is -2.19. The van der Waals surface area contributed by atoms with Crippen molar-refractivity contribution in [2.24, 2.45) is 4.99 Å². The van der Waals surface area contributed by atoms with E-state index in [9.17, 15) is 4.79 Å². The maximum Gasteiger partial charge on any atom is 0.264 e. The van der Waals surface area contributed by atoms with Crippen LogP contribution in [0.5, 0.6) is 0 Å². The summed E-state index contributed by atoms with van der Waals surface area (Å²) in [5.41, 5.74) is 0.499. The largest absolute Gasteiger partial charge is 0.450 e. The molecule has 8 heteroatoms. The van der Waals surface area contributed by atoms with Gasteiger partial charge in [-0.3, -0.25) is 4.79 Å². The second kappa shape index (κ2) is 6.50. The van der Waals surface area contributed by atoms with E-state index in [0.29, 0.717) is 36.2 Å². The number of benzene rings is 1. The molecule has 1 amide bonds. The molecule has 1 N–H and O–H groups in total. The van der Waals surface area contributed by atoms with Gasteiger partial charge in [0.2, 0.25) is 0 Å². The minimum absolute atomic E-state index is 0.241. The number of rotatable bonds is 2. The fourth-order valence-electron chi connectivity index (χ4n) is 1.70. The fraction of sp³-hybridized carbons (Fsp3) is 0. The molecule has 1 aromatic carbocycles. The Bertz CT molecular complexity index is 817. The summed E-state index contributed by atoms with van der Waals surface area (Å²) in [6.07, 6.45) is 1.65. The summed E-state index contributed by atoms with van der Waals surface area (Å²) in [4.78, 5) is 16.7. The Morgan fingerprint density at radius 1 is 1.27 bits per heavy atom. The average Bonchev–Trinajstić information content (AvgIpc) is 3.02. The van der Waals surface area contributed by atoms with Crippen molar-refractivity contribution in [3.8, 4) is 0 Å². The number of thioether (sulfide) groups is 1. The molecule has 1 aromatic heterocycles. The van der Waals surface area contributed by atoms with Crippen molar-refractivity contribution in [3.05, 3.63) is 55.7 Å². The molecule has 2 aromatic rings. The molecule has 1 aliphatic heterocycles. The molecule has 1 fully saturated rings. The molecule has 0 radical (unpaired) electrons. The quantitative estimate of drug-likeness (QED) is 0.679. The summed E-state index contributed by atoms with van der Waals surface area (Å²) in [5.74, 6) is 0.334. The molecule has 1 aliphatic rings. The van der Waals surface area contributed by atoms with Crippen LogP contribution in [0, 0.1) is 0 Å². The number of halogens is 3. The molecule has 2 heterocycles. The average molecular weight is 418 g/mol. The van der Waals surface area contributed by atoms with Crippen LogP contribution in [0.1, 0.15) is 5.76 Å². The summed E-state index contributed by atoms with van der Waals surface area (Å²) in [6, 6.07) is 8.65. The predicted molar refractivity (Wildman–Crippen MR) is 93.7 cm³/mol. The standard InChI is InChI=1S/C14H7BrCl2N2O2S/c15-11-5-4-7(21-11)6-10-13(20)19-14(22-10)18-9-3-1-2-8(16)12(9)17/h1-6H,(H,18,19,20)/b10-6+. The SMILES string of the molecule is O=C1NC(=Nc2cccc(Cl)c2Cl)S/C1=C/c1ccc(Br)o1. The maximum absolute atomic E-state index is 11.9. The Morgan fingerprint density at radius 3 is 2.82 bits per heavy atom. The van der Waals surface area contributed by atoms with Gasteiger partial charge in [0.05, 0.1) is 20.6 Å². The fourth-order valence-corrected chi connectivity index (χ4v) is 3.18. The summed E-state index contributed by atoms with van der Waals surface area (Å²) < 4.78 is 5.95. The highest BCUT2D eigenvalue weighted by atomic mass is 79.9. The van der Waals surface area contributed by atoms with Gasteiger partial charge >= 0.3 is 0 Å². The first-order valence-corrected chi connectivity index (χ1v) is 8.38. The molecule has 0 saturated carbocycles. The van der Waals surface area contributed by atoms with Crippen LogP contribution in [0.25, 0.3) is 6.08 Å². The zero-order chi connectivity index (χ0) is 15.7. The van der Waals surface area contributed by atoms with Gasteiger partial charge in [-0.2, -0.15) is 0 Å². The molecule has 3 rings (SSSR count). The minimum Gasteiger partial charge on any atom is -0.450 e. The van der Waals surface area contributed by atoms with Crippen LogP contribution in [0.2, 0.25) is 10.0 Å². The number of nitrogens with one attached hydrogen (secondary N) is 1. The van der Waals surface area contributed by atoms with E-state index in [1.807, 2.05) is 0 Å². The van der Waals surface area contributed by atoms with Gasteiger partial charge in [0.15, 0.2) is 9.84 Å². The van der Waals surface area contributed by atoms with Gasteiger partial charge in [0.25, 0.3) is 5.91 Å². The topological polar surface area (TPSA) is 54.6 Å². The smallest absolute Gasteiger partial charge is 0.264 e. The lowest BCUT2D eigenvalue weighted by atomic mass is 10.3. The van der Waals surface area contributed by atoms with E-state index in [0.717, 1.165) is 0 Å². The molecule has 0 aliphatic carbocycles. The molecule has 1 saturated heterocycles. The molecule has 0 spiro atoms. The highest BCUT2D eigenvalue weighted by molar-refractivity contribution is 9.10. The third-order valence-electron chi connectivity index (χ3n) is 2.67. The van der Waals surface area contributed by atoms with Crippen molar-refractivity contribution in [3.63, 3.8) is 0 Å². The summed E-state index contributed by atoms with van der Waals surface area (Å²) in [6.45, 7) is 0. The van der Waals surface area contributed by atoms with Crippen LogP contribution in [0.4, 0.5) is 5.69 Å². The van der Waals surface area contributed by atoms with E-state index in [1.165, 1.54) is 11.8 Å². The Labute approximate surface area is 148 Å². The van der Waals surface area contributed by atoms with Crippen molar-refractivity contribution in [1.82, 2.24) is 5.32 Å². The lowest BCUT2D eigenvalue weighted by molar-refractivity contribution is -0.115. The highest BCUT2D eigenvalue weighted by Gasteiger charge is 2.24. The van der Waals surface area contributed by atoms with Crippen LogP contribution in [0.15, 0.2) is 49.3 Å². The van der Waals surface area contributed by atoms with Crippen molar-refractivity contribution in [1.29, 1.82) is 0 Å². The first-order chi connectivity index (χ1) is 10.5. The number of aliphatic imine (C=N–C) groups is 1. The van der Waals surface area contributed by atoms with E-state index in [1.54, 1.807) is 36.4 Å². The number of nitrogens with zero attached hydrogens (tertiary/aromatic N) is 1. The van der Waals surface area contributed by atoms with Gasteiger partial charge in [-0.15, -0.1) is 0 Å². The highest BCUT2D eigenvalue weighted by Crippen LogP contribution is 2.34. The van der Waals surface area contributed by atoms with E-state index in [2.05, 4.69) is 26.2 Å². The Balaban J connectivity index is 1.87. The van der Waals surface area contributed by atoms with E-state index < -0.39 is 0 Å². The summed E-state index contributed by atoms with van der Waals surface area (Å²) in [5, 5.41) is 3.87. The number of carbonyl (C=O) groups excluding carboxylic acids is 1. The van der Waals surface area contributed by atoms with E-state index in [-0.39, 0.29) is 5.91 Å². The van der Waals surface area contributed by atoms with Crippen LogP contribution in [0.3, 0.4) is 0 Å². The molecule has 0 unspecified atom stereocenters. The number of hydrogen-bond donors (Lipinski definition) is 1. The molecular weight excluding hydrogens is 411 g/mol. The monoisotopic (exact) mass is 416 g/mol. The number of amidine groups is 1. The molecule has 112 valence electrons. The Morgan fingerprint density at radius 2 is 2.09 bits per heavy atom. The van der Waals surface area contributed by atoms with E-state index >= 15 is 0 Å². The Hall–Kier alpha value is -1.21. The van der Waals surface area contributed by atoms with Gasteiger partial charge in [-0.1, -0.05) is 29.3 Å². The molecule has 0 atom stereocenters. The number of furan rings is 1. The van der Waals surface area contributed by atoms with Gasteiger partial charge < -0.3 is 9.73 Å². The minimum atomic E-state index is -0.241. The third kappa shape index (κ3) is 3.41. The zero-order valence-electron chi connectivity index (χ0n) is 10.8. The van der Waals surface area contributed by atoms with Gasteiger partial charge in [0.1, 0.15) is 5.76 Å². The van der Waals surface area contributed by atoms with Crippen molar-refractivity contribution < 1.29 is 9.21 Å². The molecular formula is C14H7BrCl2N2O2S. The van der Waals surface area contributed by atoms with Crippen molar-refractivity contribution >= 4 is 73.7 Å². The maximum atomic E-state index is 11.9. The van der Waals surface area contributed by atoms with Crippen LogP contribution < -0.4 is 5.32 Å². The predicted octanol–water partition coefficient (Wildman–Crippen LogP) is 5.24. The molecule has 4 nitrogen and oxygen atoms in total. The van der Waals surface area contributed by atoms with Gasteiger partial charge in [0, 0.05) is 6.08 Å². The lowest BCUT2D eigenvalue weighted by Gasteiger charge is -2.00. The van der Waals surface area contributed by atoms with Crippen LogP contribution in [-0.4, -0.2) is 11.1 Å². The molecule has 22 heavy (non-hydrogen) atoms. The first-order valence-electron chi connectivity index (χ1n) is 6.02. The number of hydrogen-bond acceptors (Lipinski definition) is 4. The second-order valence-corrected chi connectivity index (χ2v) is 6.79. The van der Waals surface area contributed by atoms with E-state index in [4.69, 9.17) is 27.6 Å². The van der Waals surface area contributed by atoms with Crippen molar-refractivity contribution in [2.45, 2.75) is 0 Å². The van der Waals surface area contributed by atoms with Crippen LogP contribution in [-0.2, 0) is 4.79 Å². The Kier molecular flexibility index (Phi) is 4.63. The van der Waals surface area contributed by atoms with Gasteiger partial charge in [-0.05, 0) is 52.0 Å². The van der Waals surface area contributed by atoms with Crippen LogP contribution >= 0.6 is 50.9 Å². The number of amides is 1. The second-order valence-electron chi connectivity index (χ2n) is 4.20.